The minimum atomic E-state index is -1.08. The summed E-state index contributed by atoms with van der Waals surface area (Å²) < 4.78 is 5.12. The van der Waals surface area contributed by atoms with Crippen molar-refractivity contribution in [3.8, 4) is 0 Å². The van der Waals surface area contributed by atoms with Gasteiger partial charge in [-0.15, -0.1) is 0 Å². The molecule has 0 spiro atoms. The lowest BCUT2D eigenvalue weighted by Crippen LogP contribution is -2.43. The van der Waals surface area contributed by atoms with E-state index in [-0.39, 0.29) is 0 Å². The third kappa shape index (κ3) is 3.41. The topological polar surface area (TPSA) is 84.5 Å². The van der Waals surface area contributed by atoms with E-state index in [0.717, 1.165) is 10.8 Å². The van der Waals surface area contributed by atoms with E-state index in [0.29, 0.717) is 5.56 Å². The molecule has 6 heteroatoms. The van der Waals surface area contributed by atoms with E-state index in [1.54, 1.807) is 18.2 Å². The lowest BCUT2D eigenvalue weighted by molar-refractivity contribution is -0.127. The number of carbonyl (C=O) groups is 3. The monoisotopic (exact) mass is 300 g/mol. The van der Waals surface area contributed by atoms with Gasteiger partial charge in [-0.2, -0.15) is 0 Å². The molecule has 0 aliphatic heterocycles. The molecule has 2 N–H and O–H groups in total. The van der Waals surface area contributed by atoms with E-state index >= 15 is 0 Å². The molecule has 3 amide bonds. The third-order valence-corrected chi connectivity index (χ3v) is 3.13. The molecule has 0 saturated heterocycles. The Morgan fingerprint density at radius 1 is 1.05 bits per heavy atom. The van der Waals surface area contributed by atoms with Crippen molar-refractivity contribution in [3.63, 3.8) is 0 Å². The summed E-state index contributed by atoms with van der Waals surface area (Å²) in [5, 5.41) is 5.95. The summed E-state index contributed by atoms with van der Waals surface area (Å²) in [5.74, 6) is -1.30. The number of fused-ring (bicyclic) bond motifs is 1. The van der Waals surface area contributed by atoms with Crippen molar-refractivity contribution in [2.75, 3.05) is 7.05 Å². The molecule has 0 aliphatic carbocycles. The normalized spacial score (nSPS) is 11.5. The average Bonchev–Trinajstić information content (AvgIpc) is 2.53. The maximum absolute atomic E-state index is 12.2. The van der Waals surface area contributed by atoms with Crippen LogP contribution in [0.1, 0.15) is 17.3 Å². The van der Waals surface area contributed by atoms with Crippen LogP contribution in [0.2, 0.25) is 0 Å². The van der Waals surface area contributed by atoms with Gasteiger partial charge in [0.1, 0.15) is 0 Å². The second kappa shape index (κ2) is 6.71. The molecule has 0 aromatic heterocycles. The molecule has 1 atom stereocenters. The second-order valence-corrected chi connectivity index (χ2v) is 4.64. The smallest absolute Gasteiger partial charge is 0.339 e. The molecular weight excluding hydrogens is 284 g/mol. The number of rotatable bonds is 3. The highest BCUT2D eigenvalue weighted by Crippen LogP contribution is 2.19. The van der Waals surface area contributed by atoms with Crippen LogP contribution in [0.5, 0.6) is 0 Å². The molecule has 2 aromatic carbocycles. The molecular formula is C16H16N2O4. The van der Waals surface area contributed by atoms with Crippen LogP contribution in [0.4, 0.5) is 4.79 Å². The standard InChI is InChI=1S/C16H16N2O4/c1-10(14(19)18-16(21)17-2)22-15(20)13-9-5-7-11-6-3-4-8-12(11)13/h3-10H,1-2H3,(H2,17,18,19,21)/t10-/m1/s1. The van der Waals surface area contributed by atoms with Crippen molar-refractivity contribution in [2.24, 2.45) is 0 Å². The van der Waals surface area contributed by atoms with Crippen molar-refractivity contribution in [1.82, 2.24) is 10.6 Å². The predicted molar refractivity (Wildman–Crippen MR) is 81.4 cm³/mol. The van der Waals surface area contributed by atoms with Gasteiger partial charge in [0.05, 0.1) is 5.56 Å². The second-order valence-electron chi connectivity index (χ2n) is 4.64. The summed E-state index contributed by atoms with van der Waals surface area (Å²) in [6.07, 6.45) is -1.08. The Hall–Kier alpha value is -2.89. The number of urea groups is 1. The van der Waals surface area contributed by atoms with Gasteiger partial charge in [0, 0.05) is 7.05 Å². The highest BCUT2D eigenvalue weighted by atomic mass is 16.5. The fourth-order valence-electron chi connectivity index (χ4n) is 1.96. The van der Waals surface area contributed by atoms with Crippen LogP contribution in [-0.4, -0.2) is 31.1 Å². The molecule has 2 rings (SSSR count). The first-order valence-corrected chi connectivity index (χ1v) is 6.74. The summed E-state index contributed by atoms with van der Waals surface area (Å²) >= 11 is 0. The van der Waals surface area contributed by atoms with Crippen LogP contribution >= 0.6 is 0 Å². The number of benzene rings is 2. The minimum Gasteiger partial charge on any atom is -0.449 e. The molecule has 2 aromatic rings. The van der Waals surface area contributed by atoms with E-state index in [4.69, 9.17) is 4.74 Å². The fraction of sp³-hybridized carbons (Fsp3) is 0.188. The Morgan fingerprint density at radius 2 is 1.73 bits per heavy atom. The van der Waals surface area contributed by atoms with Crippen LogP contribution < -0.4 is 10.6 Å². The maximum atomic E-state index is 12.2. The molecule has 0 aliphatic rings. The number of hydrogen-bond acceptors (Lipinski definition) is 4. The quantitative estimate of drug-likeness (QED) is 0.847. The van der Waals surface area contributed by atoms with E-state index in [1.165, 1.54) is 14.0 Å². The Balaban J connectivity index is 2.14. The van der Waals surface area contributed by atoms with E-state index in [2.05, 4.69) is 10.6 Å². The van der Waals surface area contributed by atoms with Crippen molar-refractivity contribution in [2.45, 2.75) is 13.0 Å². The first-order valence-electron chi connectivity index (χ1n) is 6.74. The van der Waals surface area contributed by atoms with Crippen LogP contribution in [0.3, 0.4) is 0 Å². The third-order valence-electron chi connectivity index (χ3n) is 3.13. The fourth-order valence-corrected chi connectivity index (χ4v) is 1.96. The molecule has 22 heavy (non-hydrogen) atoms. The van der Waals surface area contributed by atoms with Crippen molar-refractivity contribution >= 4 is 28.7 Å². The van der Waals surface area contributed by atoms with Crippen LogP contribution in [0.25, 0.3) is 10.8 Å². The highest BCUT2D eigenvalue weighted by molar-refractivity contribution is 6.05. The highest BCUT2D eigenvalue weighted by Gasteiger charge is 2.21. The number of carbonyl (C=O) groups excluding carboxylic acids is 3. The number of esters is 1. The van der Waals surface area contributed by atoms with Gasteiger partial charge in [0.15, 0.2) is 6.10 Å². The number of nitrogens with one attached hydrogen (secondary N) is 2. The Labute approximate surface area is 127 Å². The zero-order valence-corrected chi connectivity index (χ0v) is 12.3. The number of hydrogen-bond donors (Lipinski definition) is 2. The van der Waals surface area contributed by atoms with Gasteiger partial charge in [-0.3, -0.25) is 10.1 Å². The van der Waals surface area contributed by atoms with Crippen LogP contribution in [0, 0.1) is 0 Å². The Kier molecular flexibility index (Phi) is 4.73. The summed E-state index contributed by atoms with van der Waals surface area (Å²) in [5.41, 5.74) is 0.373. The first-order chi connectivity index (χ1) is 10.5. The van der Waals surface area contributed by atoms with Gasteiger partial charge in [-0.1, -0.05) is 36.4 Å². The SMILES string of the molecule is CNC(=O)NC(=O)[C@@H](C)OC(=O)c1cccc2ccccc12. The first kappa shape index (κ1) is 15.5. The van der Waals surface area contributed by atoms with Gasteiger partial charge in [-0.05, 0) is 23.8 Å². The maximum Gasteiger partial charge on any atom is 0.339 e. The largest absolute Gasteiger partial charge is 0.449 e. The molecule has 114 valence electrons. The van der Waals surface area contributed by atoms with Crippen LogP contribution in [-0.2, 0) is 9.53 Å². The summed E-state index contributed by atoms with van der Waals surface area (Å²) in [4.78, 5) is 35.0. The molecule has 0 radical (unpaired) electrons. The van der Waals surface area contributed by atoms with Gasteiger partial charge in [0.2, 0.25) is 0 Å². The molecule has 6 nitrogen and oxygen atoms in total. The average molecular weight is 300 g/mol. The Morgan fingerprint density at radius 3 is 2.45 bits per heavy atom. The molecule has 0 bridgehead atoms. The Bertz CT molecular complexity index is 722. The van der Waals surface area contributed by atoms with Gasteiger partial charge in [0.25, 0.3) is 5.91 Å². The van der Waals surface area contributed by atoms with Crippen molar-refractivity contribution < 1.29 is 19.1 Å². The minimum absolute atomic E-state index is 0.373. The van der Waals surface area contributed by atoms with Crippen molar-refractivity contribution in [1.29, 1.82) is 0 Å². The lowest BCUT2D eigenvalue weighted by atomic mass is 10.0. The number of imide groups is 1. The number of amides is 3. The molecule has 0 unspecified atom stereocenters. The summed E-state index contributed by atoms with van der Waals surface area (Å²) in [6, 6.07) is 12.0. The predicted octanol–water partition coefficient (Wildman–Crippen LogP) is 1.84. The van der Waals surface area contributed by atoms with Crippen LogP contribution in [0.15, 0.2) is 42.5 Å². The zero-order chi connectivity index (χ0) is 16.1. The zero-order valence-electron chi connectivity index (χ0n) is 12.3. The van der Waals surface area contributed by atoms with E-state index in [9.17, 15) is 14.4 Å². The molecule has 0 fully saturated rings. The van der Waals surface area contributed by atoms with Gasteiger partial charge in [-0.25, -0.2) is 9.59 Å². The van der Waals surface area contributed by atoms with Gasteiger partial charge >= 0.3 is 12.0 Å². The summed E-state index contributed by atoms with van der Waals surface area (Å²) in [7, 11) is 1.38. The van der Waals surface area contributed by atoms with Crippen molar-refractivity contribution in [3.05, 3.63) is 48.0 Å². The lowest BCUT2D eigenvalue weighted by Gasteiger charge is -2.13. The number of ether oxygens (including phenoxy) is 1. The molecule has 0 heterocycles. The van der Waals surface area contributed by atoms with E-state index < -0.39 is 24.0 Å². The summed E-state index contributed by atoms with van der Waals surface area (Å²) in [6.45, 7) is 1.40. The van der Waals surface area contributed by atoms with Gasteiger partial charge < -0.3 is 10.1 Å². The van der Waals surface area contributed by atoms with E-state index in [1.807, 2.05) is 24.3 Å². The molecule has 0 saturated carbocycles.